The lowest BCUT2D eigenvalue weighted by Crippen LogP contribution is -2.53. The van der Waals surface area contributed by atoms with Gasteiger partial charge in [-0.05, 0) is 44.6 Å². The first kappa shape index (κ1) is 19.2. The minimum Gasteiger partial charge on any atom is -0.485 e. The van der Waals surface area contributed by atoms with Crippen molar-refractivity contribution < 1.29 is 19.1 Å². The summed E-state index contributed by atoms with van der Waals surface area (Å²) in [4.78, 5) is 28.7. The summed E-state index contributed by atoms with van der Waals surface area (Å²) in [5, 5.41) is 0. The van der Waals surface area contributed by atoms with Gasteiger partial charge in [-0.1, -0.05) is 18.2 Å². The molecule has 2 heterocycles. The molecule has 0 bridgehead atoms. The van der Waals surface area contributed by atoms with E-state index in [9.17, 15) is 9.59 Å². The Kier molecular flexibility index (Phi) is 5.32. The third kappa shape index (κ3) is 3.75. The molecule has 0 aromatic heterocycles. The van der Waals surface area contributed by atoms with Gasteiger partial charge in [0, 0.05) is 38.7 Å². The van der Waals surface area contributed by atoms with Crippen molar-refractivity contribution in [1.29, 1.82) is 0 Å². The number of hydrogen-bond donors (Lipinski definition) is 0. The smallest absolute Gasteiger partial charge is 0.251 e. The summed E-state index contributed by atoms with van der Waals surface area (Å²) in [5.74, 6) is 1.07. The summed E-state index contributed by atoms with van der Waals surface area (Å²) in [7, 11) is 1.90. The number of rotatable bonds is 2. The van der Waals surface area contributed by atoms with Crippen LogP contribution in [0.3, 0.4) is 0 Å². The largest absolute Gasteiger partial charge is 0.485 e. The molecule has 2 amide bonds. The number of likely N-dealkylation sites (N-methyl/N-ethyl adjacent to an activating group) is 1. The van der Waals surface area contributed by atoms with E-state index in [0.717, 1.165) is 49.8 Å². The molecule has 0 N–H and O–H groups in total. The van der Waals surface area contributed by atoms with E-state index >= 15 is 0 Å². The fourth-order valence-corrected chi connectivity index (χ4v) is 4.79. The monoisotopic (exact) mass is 386 g/mol. The van der Waals surface area contributed by atoms with Crippen LogP contribution in [0.4, 0.5) is 0 Å². The van der Waals surface area contributed by atoms with E-state index < -0.39 is 0 Å². The maximum absolute atomic E-state index is 12.7. The zero-order valence-electron chi connectivity index (χ0n) is 16.9. The Morgan fingerprint density at radius 1 is 1.18 bits per heavy atom. The first-order valence-electron chi connectivity index (χ1n) is 10.4. The number of ether oxygens (including phenoxy) is 2. The molecule has 0 radical (unpaired) electrons. The Hall–Kier alpha value is -2.08. The molecule has 6 heteroatoms. The Labute approximate surface area is 166 Å². The summed E-state index contributed by atoms with van der Waals surface area (Å²) in [6, 6.07) is 8.20. The zero-order valence-corrected chi connectivity index (χ0v) is 16.9. The van der Waals surface area contributed by atoms with E-state index in [4.69, 9.17) is 9.47 Å². The van der Waals surface area contributed by atoms with Gasteiger partial charge in [0.15, 0.2) is 0 Å². The Balaban J connectivity index is 1.47. The van der Waals surface area contributed by atoms with Crippen molar-refractivity contribution in [2.75, 3.05) is 20.2 Å². The van der Waals surface area contributed by atoms with Crippen LogP contribution in [-0.4, -0.2) is 59.6 Å². The van der Waals surface area contributed by atoms with Crippen molar-refractivity contribution >= 4 is 11.8 Å². The summed E-state index contributed by atoms with van der Waals surface area (Å²) in [5.41, 5.74) is 0.685. The molecule has 152 valence electrons. The Bertz CT molecular complexity index is 736. The second-order valence-electron chi connectivity index (χ2n) is 8.45. The maximum atomic E-state index is 12.7. The van der Waals surface area contributed by atoms with Gasteiger partial charge < -0.3 is 19.3 Å². The van der Waals surface area contributed by atoms with Gasteiger partial charge in [0.25, 0.3) is 5.91 Å². The standard InChI is InChI=1S/C22H30N2O4/c1-16(25)24-14-17-6-3-4-7-19(17)28-22(15-24)11-9-18(10-12-22)23(2)21(26)20-8-5-13-27-20/h3-4,6-7,18,20H,5,8-15H2,1-2H3/t18?,20-,22?/m1/s1. The minimum atomic E-state index is -0.373. The van der Waals surface area contributed by atoms with Crippen LogP contribution < -0.4 is 4.74 Å². The molecule has 3 aliphatic rings. The van der Waals surface area contributed by atoms with E-state index in [1.807, 2.05) is 41.1 Å². The number of nitrogens with zero attached hydrogens (tertiary/aromatic N) is 2. The number of para-hydroxylation sites is 1. The normalized spacial score (nSPS) is 29.7. The number of hydrogen-bond acceptors (Lipinski definition) is 4. The van der Waals surface area contributed by atoms with E-state index in [2.05, 4.69) is 0 Å². The van der Waals surface area contributed by atoms with Crippen LogP contribution in [-0.2, 0) is 20.9 Å². The molecule has 2 aliphatic heterocycles. The van der Waals surface area contributed by atoms with Crippen LogP contribution in [0.2, 0.25) is 0 Å². The summed E-state index contributed by atoms with van der Waals surface area (Å²) in [6.07, 6.45) is 4.94. The molecule has 1 saturated heterocycles. The van der Waals surface area contributed by atoms with Gasteiger partial charge in [0.05, 0.1) is 6.54 Å². The molecule has 1 aliphatic carbocycles. The van der Waals surface area contributed by atoms with Crippen molar-refractivity contribution in [3.05, 3.63) is 29.8 Å². The molecule has 6 nitrogen and oxygen atoms in total. The van der Waals surface area contributed by atoms with Gasteiger partial charge in [-0.25, -0.2) is 0 Å². The van der Waals surface area contributed by atoms with E-state index in [-0.39, 0.29) is 29.6 Å². The summed E-state index contributed by atoms with van der Waals surface area (Å²) < 4.78 is 12.1. The Morgan fingerprint density at radius 2 is 1.93 bits per heavy atom. The SMILES string of the molecule is CC(=O)N1Cc2ccccc2OC2(CCC(N(C)C(=O)[C@H]3CCCO3)CC2)C1. The van der Waals surface area contributed by atoms with Crippen LogP contribution in [0.15, 0.2) is 24.3 Å². The highest BCUT2D eigenvalue weighted by molar-refractivity contribution is 5.81. The van der Waals surface area contributed by atoms with Gasteiger partial charge in [0.1, 0.15) is 17.5 Å². The molecular formula is C22H30N2O4. The highest BCUT2D eigenvalue weighted by Gasteiger charge is 2.43. The van der Waals surface area contributed by atoms with E-state index in [1.165, 1.54) is 0 Å². The van der Waals surface area contributed by atoms with Gasteiger partial charge in [-0.2, -0.15) is 0 Å². The number of carbonyl (C=O) groups is 2. The fraction of sp³-hybridized carbons (Fsp3) is 0.636. The average Bonchev–Trinajstić information content (AvgIpc) is 3.17. The quantitative estimate of drug-likeness (QED) is 0.784. The Morgan fingerprint density at radius 3 is 2.61 bits per heavy atom. The highest BCUT2D eigenvalue weighted by Crippen LogP contribution is 2.39. The van der Waals surface area contributed by atoms with Gasteiger partial charge in [-0.3, -0.25) is 9.59 Å². The van der Waals surface area contributed by atoms with Gasteiger partial charge >= 0.3 is 0 Å². The van der Waals surface area contributed by atoms with E-state index in [0.29, 0.717) is 19.7 Å². The first-order valence-corrected chi connectivity index (χ1v) is 10.4. The lowest BCUT2D eigenvalue weighted by molar-refractivity contribution is -0.143. The second kappa shape index (κ2) is 7.74. The van der Waals surface area contributed by atoms with Crippen LogP contribution in [0.25, 0.3) is 0 Å². The van der Waals surface area contributed by atoms with Gasteiger partial charge in [0.2, 0.25) is 5.91 Å². The lowest BCUT2D eigenvalue weighted by atomic mass is 9.81. The molecule has 1 atom stereocenters. The maximum Gasteiger partial charge on any atom is 0.251 e. The highest BCUT2D eigenvalue weighted by atomic mass is 16.5. The zero-order chi connectivity index (χ0) is 19.7. The van der Waals surface area contributed by atoms with Gasteiger partial charge in [-0.15, -0.1) is 0 Å². The van der Waals surface area contributed by atoms with Crippen LogP contribution in [0.5, 0.6) is 5.75 Å². The summed E-state index contributed by atoms with van der Waals surface area (Å²) >= 11 is 0. The van der Waals surface area contributed by atoms with Crippen LogP contribution in [0, 0.1) is 0 Å². The molecular weight excluding hydrogens is 356 g/mol. The average molecular weight is 386 g/mol. The molecule has 1 aromatic carbocycles. The van der Waals surface area contributed by atoms with Crippen LogP contribution in [0.1, 0.15) is 51.0 Å². The van der Waals surface area contributed by atoms with E-state index in [1.54, 1.807) is 6.92 Å². The molecule has 1 aromatic rings. The van der Waals surface area contributed by atoms with Crippen LogP contribution >= 0.6 is 0 Å². The minimum absolute atomic E-state index is 0.0764. The molecule has 0 unspecified atom stereocenters. The third-order valence-corrected chi connectivity index (χ3v) is 6.55. The molecule has 1 saturated carbocycles. The predicted octanol–water partition coefficient (Wildman–Crippen LogP) is 2.75. The topological polar surface area (TPSA) is 59.1 Å². The summed E-state index contributed by atoms with van der Waals surface area (Å²) in [6.45, 7) is 3.51. The third-order valence-electron chi connectivity index (χ3n) is 6.55. The lowest BCUT2D eigenvalue weighted by Gasteiger charge is -2.43. The molecule has 2 fully saturated rings. The predicted molar refractivity (Wildman–Crippen MR) is 105 cm³/mol. The number of fused-ring (bicyclic) bond motifs is 1. The van der Waals surface area contributed by atoms with Crippen molar-refractivity contribution in [3.8, 4) is 5.75 Å². The molecule has 28 heavy (non-hydrogen) atoms. The molecule has 1 spiro atoms. The second-order valence-corrected chi connectivity index (χ2v) is 8.45. The number of amides is 2. The fourth-order valence-electron chi connectivity index (χ4n) is 4.79. The van der Waals surface area contributed by atoms with Crippen molar-refractivity contribution in [2.45, 2.75) is 69.7 Å². The molecule has 4 rings (SSSR count). The number of carbonyl (C=O) groups excluding carboxylic acids is 2. The van der Waals surface area contributed by atoms with Crippen molar-refractivity contribution in [2.24, 2.45) is 0 Å². The van der Waals surface area contributed by atoms with Crippen molar-refractivity contribution in [3.63, 3.8) is 0 Å². The number of benzene rings is 1. The first-order chi connectivity index (χ1) is 13.5. The van der Waals surface area contributed by atoms with Crippen molar-refractivity contribution in [1.82, 2.24) is 9.80 Å².